The lowest BCUT2D eigenvalue weighted by Gasteiger charge is -2.23. The van der Waals surface area contributed by atoms with E-state index in [0.717, 1.165) is 13.1 Å². The summed E-state index contributed by atoms with van der Waals surface area (Å²) >= 11 is 0. The Morgan fingerprint density at radius 2 is 2.11 bits per heavy atom. The number of carboxylic acid groups (broad SMARTS) is 1. The molecule has 2 atom stereocenters. The summed E-state index contributed by atoms with van der Waals surface area (Å²) in [6, 6.07) is 7.51. The molecule has 0 amide bonds. The molecule has 98 valence electrons. The third-order valence-electron chi connectivity index (χ3n) is 3.73. The van der Waals surface area contributed by atoms with E-state index >= 15 is 0 Å². The van der Waals surface area contributed by atoms with E-state index in [0.29, 0.717) is 17.5 Å². The van der Waals surface area contributed by atoms with Crippen LogP contribution in [0.1, 0.15) is 28.4 Å². The minimum Gasteiger partial charge on any atom is -0.478 e. The van der Waals surface area contributed by atoms with Crippen molar-refractivity contribution in [1.82, 2.24) is 10.2 Å². The van der Waals surface area contributed by atoms with E-state index < -0.39 is 5.97 Å². The molecule has 1 aliphatic rings. The Morgan fingerprint density at radius 1 is 1.44 bits per heavy atom. The first-order valence-corrected chi connectivity index (χ1v) is 6.31. The Kier molecular flexibility index (Phi) is 3.99. The third kappa shape index (κ3) is 2.71. The molecule has 18 heavy (non-hydrogen) atoms. The van der Waals surface area contributed by atoms with Crippen molar-refractivity contribution < 1.29 is 9.90 Å². The molecule has 1 aliphatic heterocycles. The highest BCUT2D eigenvalue weighted by Gasteiger charge is 2.27. The minimum absolute atomic E-state index is 0.304. The second-order valence-corrected chi connectivity index (χ2v) is 5.00. The smallest absolute Gasteiger partial charge is 0.335 e. The lowest BCUT2D eigenvalue weighted by Crippen LogP contribution is -2.27. The van der Waals surface area contributed by atoms with Crippen LogP contribution in [0.15, 0.2) is 24.3 Å². The Balaban J connectivity index is 2.14. The maximum absolute atomic E-state index is 10.8. The van der Waals surface area contributed by atoms with Gasteiger partial charge in [0.1, 0.15) is 0 Å². The molecule has 4 nitrogen and oxygen atoms in total. The van der Waals surface area contributed by atoms with Crippen LogP contribution in [0.5, 0.6) is 0 Å². The molecule has 0 aliphatic carbocycles. The van der Waals surface area contributed by atoms with Crippen LogP contribution in [0.2, 0.25) is 0 Å². The van der Waals surface area contributed by atoms with Gasteiger partial charge in [0.15, 0.2) is 0 Å². The first-order chi connectivity index (χ1) is 8.61. The summed E-state index contributed by atoms with van der Waals surface area (Å²) in [5, 5.41) is 12.3. The largest absolute Gasteiger partial charge is 0.478 e. The monoisotopic (exact) mass is 248 g/mol. The molecule has 2 rings (SSSR count). The highest BCUT2D eigenvalue weighted by Crippen LogP contribution is 2.29. The van der Waals surface area contributed by atoms with Gasteiger partial charge in [0, 0.05) is 12.6 Å². The van der Waals surface area contributed by atoms with Crippen LogP contribution in [0.4, 0.5) is 0 Å². The van der Waals surface area contributed by atoms with Gasteiger partial charge in [-0.3, -0.25) is 0 Å². The first-order valence-electron chi connectivity index (χ1n) is 6.31. The molecule has 1 aromatic rings. The van der Waals surface area contributed by atoms with Crippen molar-refractivity contribution in [3.05, 3.63) is 35.4 Å². The standard InChI is InChI=1S/C14H20N2O2/c1-15-13(12-7-8-16(2)9-12)10-3-5-11(6-4-10)14(17)18/h3-6,12-13,15H,7-9H2,1-2H3,(H,17,18). The van der Waals surface area contributed by atoms with Gasteiger partial charge in [-0.1, -0.05) is 12.1 Å². The quantitative estimate of drug-likeness (QED) is 0.849. The van der Waals surface area contributed by atoms with Gasteiger partial charge >= 0.3 is 5.97 Å². The van der Waals surface area contributed by atoms with E-state index in [9.17, 15) is 4.79 Å². The third-order valence-corrected chi connectivity index (χ3v) is 3.73. The zero-order valence-corrected chi connectivity index (χ0v) is 10.9. The minimum atomic E-state index is -0.872. The van der Waals surface area contributed by atoms with E-state index in [2.05, 4.69) is 17.3 Å². The molecule has 4 heteroatoms. The fourth-order valence-corrected chi connectivity index (χ4v) is 2.75. The number of nitrogens with one attached hydrogen (secondary N) is 1. The zero-order chi connectivity index (χ0) is 13.1. The predicted molar refractivity (Wildman–Crippen MR) is 70.8 cm³/mol. The lowest BCUT2D eigenvalue weighted by atomic mass is 9.92. The topological polar surface area (TPSA) is 52.6 Å². The number of carboxylic acids is 1. The molecule has 1 fully saturated rings. The molecular formula is C14H20N2O2. The van der Waals surface area contributed by atoms with Gasteiger partial charge in [-0.25, -0.2) is 4.79 Å². The summed E-state index contributed by atoms with van der Waals surface area (Å²) < 4.78 is 0. The van der Waals surface area contributed by atoms with Crippen molar-refractivity contribution in [1.29, 1.82) is 0 Å². The molecule has 0 bridgehead atoms. The number of benzene rings is 1. The van der Waals surface area contributed by atoms with Crippen LogP contribution in [0.3, 0.4) is 0 Å². The SMILES string of the molecule is CNC(c1ccc(C(=O)O)cc1)C1CCN(C)C1. The number of hydrogen-bond acceptors (Lipinski definition) is 3. The highest BCUT2D eigenvalue weighted by atomic mass is 16.4. The molecule has 1 saturated heterocycles. The van der Waals surface area contributed by atoms with Crippen molar-refractivity contribution in [3.8, 4) is 0 Å². The van der Waals surface area contributed by atoms with Gasteiger partial charge in [-0.2, -0.15) is 0 Å². The van der Waals surface area contributed by atoms with Crippen LogP contribution < -0.4 is 5.32 Å². The Bertz CT molecular complexity index is 416. The van der Waals surface area contributed by atoms with Crippen molar-refractivity contribution in [3.63, 3.8) is 0 Å². The van der Waals surface area contributed by atoms with Crippen molar-refractivity contribution in [2.75, 3.05) is 27.2 Å². The van der Waals surface area contributed by atoms with E-state index in [1.165, 1.54) is 12.0 Å². The average Bonchev–Trinajstić information content (AvgIpc) is 2.77. The Morgan fingerprint density at radius 3 is 2.56 bits per heavy atom. The van der Waals surface area contributed by atoms with E-state index in [1.807, 2.05) is 19.2 Å². The van der Waals surface area contributed by atoms with Crippen LogP contribution in [0.25, 0.3) is 0 Å². The predicted octanol–water partition coefficient (Wildman–Crippen LogP) is 1.60. The van der Waals surface area contributed by atoms with E-state index in [4.69, 9.17) is 5.11 Å². The van der Waals surface area contributed by atoms with Crippen LogP contribution >= 0.6 is 0 Å². The summed E-state index contributed by atoms with van der Waals surface area (Å²) in [4.78, 5) is 13.2. The van der Waals surface area contributed by atoms with Gasteiger partial charge in [0.25, 0.3) is 0 Å². The zero-order valence-electron chi connectivity index (χ0n) is 10.9. The summed E-state index contributed by atoms with van der Waals surface area (Å²) in [6.45, 7) is 2.22. The highest BCUT2D eigenvalue weighted by molar-refractivity contribution is 5.87. The summed E-state index contributed by atoms with van der Waals surface area (Å²) in [5.41, 5.74) is 1.51. The van der Waals surface area contributed by atoms with Gasteiger partial charge < -0.3 is 15.3 Å². The van der Waals surface area contributed by atoms with E-state index in [1.54, 1.807) is 12.1 Å². The molecule has 1 heterocycles. The summed E-state index contributed by atoms with van der Waals surface area (Å²) in [6.07, 6.45) is 1.18. The number of rotatable bonds is 4. The number of hydrogen-bond donors (Lipinski definition) is 2. The molecule has 0 spiro atoms. The van der Waals surface area contributed by atoms with Gasteiger partial charge in [-0.05, 0) is 50.7 Å². The van der Waals surface area contributed by atoms with Gasteiger partial charge in [0.2, 0.25) is 0 Å². The number of carbonyl (C=O) groups is 1. The molecular weight excluding hydrogens is 228 g/mol. The Labute approximate surface area is 108 Å². The molecule has 0 saturated carbocycles. The molecule has 2 unspecified atom stereocenters. The van der Waals surface area contributed by atoms with Gasteiger partial charge in [0.05, 0.1) is 5.56 Å². The van der Waals surface area contributed by atoms with Crippen LogP contribution in [-0.4, -0.2) is 43.2 Å². The number of likely N-dealkylation sites (tertiary alicyclic amines) is 1. The normalized spacial score (nSPS) is 22.0. The molecule has 0 aromatic heterocycles. The first kappa shape index (κ1) is 13.1. The second kappa shape index (κ2) is 5.50. The number of nitrogens with zero attached hydrogens (tertiary/aromatic N) is 1. The summed E-state index contributed by atoms with van der Waals surface area (Å²) in [7, 11) is 4.11. The maximum atomic E-state index is 10.8. The van der Waals surface area contributed by atoms with Crippen molar-refractivity contribution in [2.45, 2.75) is 12.5 Å². The lowest BCUT2D eigenvalue weighted by molar-refractivity contribution is 0.0697. The number of aromatic carboxylic acids is 1. The molecule has 1 aromatic carbocycles. The fraction of sp³-hybridized carbons (Fsp3) is 0.500. The van der Waals surface area contributed by atoms with Crippen molar-refractivity contribution >= 4 is 5.97 Å². The molecule has 2 N–H and O–H groups in total. The average molecular weight is 248 g/mol. The molecule has 0 radical (unpaired) electrons. The van der Waals surface area contributed by atoms with Crippen LogP contribution in [0, 0.1) is 5.92 Å². The summed E-state index contributed by atoms with van der Waals surface area (Å²) in [5.74, 6) is -0.279. The van der Waals surface area contributed by atoms with Gasteiger partial charge in [-0.15, -0.1) is 0 Å². The fourth-order valence-electron chi connectivity index (χ4n) is 2.75. The van der Waals surface area contributed by atoms with Crippen molar-refractivity contribution in [2.24, 2.45) is 5.92 Å². The van der Waals surface area contributed by atoms with E-state index in [-0.39, 0.29) is 0 Å². The second-order valence-electron chi connectivity index (χ2n) is 5.00. The van der Waals surface area contributed by atoms with Crippen LogP contribution in [-0.2, 0) is 0 Å². The Hall–Kier alpha value is -1.39. The maximum Gasteiger partial charge on any atom is 0.335 e.